The molecule has 1 aliphatic heterocycles. The van der Waals surface area contributed by atoms with Gasteiger partial charge in [-0.15, -0.1) is 0 Å². The molecule has 4 aliphatic rings. The zero-order chi connectivity index (χ0) is 41.3. The number of anilines is 1. The fourth-order valence-corrected chi connectivity index (χ4v) is 9.96. The lowest BCUT2D eigenvalue weighted by molar-refractivity contribution is -0.183. The lowest BCUT2D eigenvalue weighted by atomic mass is 9.45. The van der Waals surface area contributed by atoms with Gasteiger partial charge in [0.15, 0.2) is 0 Å². The Kier molecular flexibility index (Phi) is 13.1. The Hall–Kier alpha value is -4.00. The number of benzene rings is 3. The van der Waals surface area contributed by atoms with Crippen molar-refractivity contribution >= 4 is 17.5 Å². The van der Waals surface area contributed by atoms with Crippen LogP contribution in [0.3, 0.4) is 0 Å². The number of hydrogen-bond donors (Lipinski definition) is 4. The zero-order valence-corrected chi connectivity index (χ0v) is 35.6. The standard InChI is InChI=1S/C46H65N5O6/c1-27-14-11-12-15-30(27)19-35(25-49(6)7)47-44(54)33-18-32(20-36(21-33)50(8)9)37-17-13-16-31(43(37)56-10)24-51-42(41(29(3)53)40(26-52)57-51)45(55)48-39-23-34-22-38(28(39)2)46(34,4)5/h11-18,20-21,28-29,34-35,38-42,52-53H,19,22-26H2,1-10H3,(H,47,54)(H,48,55)/t28-,29-,34-,35-,38-,39-,40-,41+,42-/m0/s1. The molecule has 0 unspecified atom stereocenters. The van der Waals surface area contributed by atoms with E-state index < -0.39 is 24.2 Å². The number of methoxy groups -OCH3 is 1. The van der Waals surface area contributed by atoms with Crippen LogP contribution in [-0.2, 0) is 22.6 Å². The van der Waals surface area contributed by atoms with Crippen molar-refractivity contribution in [2.45, 2.75) is 90.8 Å². The van der Waals surface area contributed by atoms with E-state index in [4.69, 9.17) is 9.57 Å². The molecule has 0 aromatic heterocycles. The summed E-state index contributed by atoms with van der Waals surface area (Å²) in [6, 6.07) is 19.0. The molecular weight excluding hydrogens is 719 g/mol. The second kappa shape index (κ2) is 17.5. The summed E-state index contributed by atoms with van der Waals surface area (Å²) in [5, 5.41) is 29.7. The van der Waals surface area contributed by atoms with Gasteiger partial charge in [0, 0.05) is 61.0 Å². The third-order valence-corrected chi connectivity index (χ3v) is 13.3. The highest BCUT2D eigenvalue weighted by Crippen LogP contribution is 2.61. The van der Waals surface area contributed by atoms with E-state index in [9.17, 15) is 19.8 Å². The number of rotatable bonds is 15. The van der Waals surface area contributed by atoms with E-state index in [0.29, 0.717) is 42.0 Å². The van der Waals surface area contributed by atoms with Crippen LogP contribution in [0.2, 0.25) is 0 Å². The summed E-state index contributed by atoms with van der Waals surface area (Å²) >= 11 is 0. The molecule has 57 heavy (non-hydrogen) atoms. The van der Waals surface area contributed by atoms with E-state index in [-0.39, 0.29) is 42.5 Å². The van der Waals surface area contributed by atoms with Crippen LogP contribution < -0.4 is 20.3 Å². The normalized spacial score (nSPS) is 26.4. The Balaban J connectivity index is 1.29. The molecule has 2 amide bonds. The lowest BCUT2D eigenvalue weighted by Gasteiger charge is -2.62. The molecule has 0 radical (unpaired) electrons. The van der Waals surface area contributed by atoms with Crippen LogP contribution in [0, 0.1) is 36.0 Å². The number of nitrogens with zero attached hydrogens (tertiary/aromatic N) is 3. The SMILES string of the molecule is COc1c(CN2O[C@@H](CO)[C@@H]([C@H](C)O)[C@H]2C(=O)N[C@H]2C[C@@H]3C[C@@H]([C@@H]2C)C3(C)C)cccc1-c1cc(C(=O)N[C@@H](Cc2ccccc2C)CN(C)C)cc(N(C)C)c1. The summed E-state index contributed by atoms with van der Waals surface area (Å²) in [5.74, 6) is 1.02. The summed E-state index contributed by atoms with van der Waals surface area (Å²) in [6.45, 7) is 11.2. The van der Waals surface area contributed by atoms with Gasteiger partial charge in [-0.1, -0.05) is 63.2 Å². The maximum absolute atomic E-state index is 14.3. The molecule has 11 nitrogen and oxygen atoms in total. The molecule has 3 aliphatic carbocycles. The van der Waals surface area contributed by atoms with Crippen LogP contribution in [0.25, 0.3) is 11.1 Å². The average Bonchev–Trinajstić information content (AvgIpc) is 3.54. The van der Waals surface area contributed by atoms with Gasteiger partial charge >= 0.3 is 0 Å². The lowest BCUT2D eigenvalue weighted by Crippen LogP contribution is -2.62. The Morgan fingerprint density at radius 1 is 1.04 bits per heavy atom. The smallest absolute Gasteiger partial charge is 0.251 e. The molecule has 310 valence electrons. The fraction of sp³-hybridized carbons (Fsp3) is 0.565. The minimum absolute atomic E-state index is 0.0350. The van der Waals surface area contributed by atoms with Crippen LogP contribution in [0.4, 0.5) is 5.69 Å². The van der Waals surface area contributed by atoms with Crippen molar-refractivity contribution in [2.24, 2.45) is 29.1 Å². The molecule has 1 saturated heterocycles. The highest BCUT2D eigenvalue weighted by molar-refractivity contribution is 5.97. The summed E-state index contributed by atoms with van der Waals surface area (Å²) in [4.78, 5) is 38.8. The Labute approximate surface area is 339 Å². The Morgan fingerprint density at radius 3 is 2.37 bits per heavy atom. The molecular formula is C46H65N5O6. The molecule has 4 N–H and O–H groups in total. The number of aliphatic hydroxyl groups excluding tert-OH is 2. The maximum atomic E-state index is 14.3. The number of aryl methyl sites for hydroxylation is 1. The van der Waals surface area contributed by atoms with Gasteiger partial charge in [0.05, 0.1) is 26.4 Å². The van der Waals surface area contributed by atoms with Crippen LogP contribution in [0.15, 0.2) is 60.7 Å². The predicted octanol–water partition coefficient (Wildman–Crippen LogP) is 5.30. The van der Waals surface area contributed by atoms with Crippen molar-refractivity contribution in [3.63, 3.8) is 0 Å². The molecule has 2 bridgehead atoms. The van der Waals surface area contributed by atoms with Crippen LogP contribution >= 0.6 is 0 Å². The first-order valence-corrected chi connectivity index (χ1v) is 20.5. The van der Waals surface area contributed by atoms with Crippen molar-refractivity contribution in [3.05, 3.63) is 82.9 Å². The number of nitrogens with one attached hydrogen (secondary N) is 2. The van der Waals surface area contributed by atoms with E-state index in [1.807, 2.05) is 81.6 Å². The quantitative estimate of drug-likeness (QED) is 0.163. The molecule has 1 heterocycles. The van der Waals surface area contributed by atoms with Crippen LogP contribution in [0.1, 0.15) is 67.6 Å². The first-order valence-electron chi connectivity index (χ1n) is 20.5. The van der Waals surface area contributed by atoms with Gasteiger partial charge in [-0.3, -0.25) is 14.4 Å². The van der Waals surface area contributed by atoms with Crippen LogP contribution in [0.5, 0.6) is 5.75 Å². The van der Waals surface area contributed by atoms with Crippen LogP contribution in [-0.4, -0.2) is 111 Å². The van der Waals surface area contributed by atoms with E-state index in [1.165, 1.54) is 17.5 Å². The van der Waals surface area contributed by atoms with E-state index >= 15 is 0 Å². The van der Waals surface area contributed by atoms with E-state index in [0.717, 1.165) is 28.8 Å². The minimum atomic E-state index is -0.903. The summed E-state index contributed by atoms with van der Waals surface area (Å²) in [5.41, 5.74) is 6.39. The number of hydroxylamine groups is 2. The predicted molar refractivity (Wildman–Crippen MR) is 225 cm³/mol. The summed E-state index contributed by atoms with van der Waals surface area (Å²) in [6.07, 6.45) is 1.17. The van der Waals surface area contributed by atoms with Crippen molar-refractivity contribution in [2.75, 3.05) is 53.4 Å². The molecule has 9 atom stereocenters. The molecule has 3 aromatic rings. The second-order valence-corrected chi connectivity index (χ2v) is 18.0. The number of para-hydroxylation sites is 1. The minimum Gasteiger partial charge on any atom is -0.496 e. The van der Waals surface area contributed by atoms with Gasteiger partial charge in [-0.2, -0.15) is 5.06 Å². The number of fused-ring (bicyclic) bond motifs is 2. The highest BCUT2D eigenvalue weighted by Gasteiger charge is 2.57. The third kappa shape index (κ3) is 8.88. The number of amides is 2. The number of aliphatic hydroxyl groups is 2. The van der Waals surface area contributed by atoms with Crippen molar-refractivity contribution in [3.8, 4) is 16.9 Å². The van der Waals surface area contributed by atoms with E-state index in [2.05, 4.69) is 55.4 Å². The molecule has 11 heteroatoms. The fourth-order valence-electron chi connectivity index (χ4n) is 9.96. The van der Waals surface area contributed by atoms with Crippen molar-refractivity contribution in [1.29, 1.82) is 0 Å². The van der Waals surface area contributed by atoms with Gasteiger partial charge in [-0.05, 0) is 105 Å². The maximum Gasteiger partial charge on any atom is 0.251 e. The Morgan fingerprint density at radius 2 is 1.75 bits per heavy atom. The van der Waals surface area contributed by atoms with Gasteiger partial charge in [-0.25, -0.2) is 0 Å². The van der Waals surface area contributed by atoms with Gasteiger partial charge in [0.25, 0.3) is 5.91 Å². The zero-order valence-electron chi connectivity index (χ0n) is 35.6. The number of likely N-dealkylation sites (N-methyl/N-ethyl adjacent to an activating group) is 1. The van der Waals surface area contributed by atoms with Crippen molar-refractivity contribution < 1.29 is 29.4 Å². The molecule has 4 fully saturated rings. The number of hydrogen-bond acceptors (Lipinski definition) is 9. The van der Waals surface area contributed by atoms with Gasteiger partial charge < -0.3 is 35.4 Å². The molecule has 0 spiro atoms. The number of carbonyl (C=O) groups is 2. The molecule has 3 saturated carbocycles. The largest absolute Gasteiger partial charge is 0.496 e. The second-order valence-electron chi connectivity index (χ2n) is 18.0. The summed E-state index contributed by atoms with van der Waals surface area (Å²) < 4.78 is 6.12. The van der Waals surface area contributed by atoms with Gasteiger partial charge in [0.1, 0.15) is 17.9 Å². The monoisotopic (exact) mass is 783 g/mol. The van der Waals surface area contributed by atoms with Gasteiger partial charge in [0.2, 0.25) is 5.91 Å². The topological polar surface area (TPSA) is 127 Å². The summed E-state index contributed by atoms with van der Waals surface area (Å²) in [7, 11) is 9.54. The van der Waals surface area contributed by atoms with Crippen molar-refractivity contribution in [1.82, 2.24) is 20.6 Å². The first-order chi connectivity index (χ1) is 27.0. The molecule has 7 rings (SSSR count). The first kappa shape index (κ1) is 42.6. The number of ether oxygens (including phenoxy) is 1. The average molecular weight is 784 g/mol. The van der Waals surface area contributed by atoms with E-state index in [1.54, 1.807) is 19.1 Å². The highest BCUT2D eigenvalue weighted by atomic mass is 16.7. The number of carbonyl (C=O) groups excluding carboxylic acids is 2. The Bertz CT molecular complexity index is 1900. The third-order valence-electron chi connectivity index (χ3n) is 13.3. The molecule has 3 aromatic carbocycles.